The van der Waals surface area contributed by atoms with E-state index in [0.29, 0.717) is 6.42 Å². The van der Waals surface area contributed by atoms with Crippen molar-refractivity contribution in [2.24, 2.45) is 17.8 Å². The molecule has 0 atom stereocenters. The fraction of sp³-hybridized carbons (Fsp3) is 0.579. The molecule has 0 spiro atoms. The van der Waals surface area contributed by atoms with Crippen molar-refractivity contribution in [2.45, 2.75) is 50.4 Å². The van der Waals surface area contributed by atoms with Gasteiger partial charge >= 0.3 is 0 Å². The van der Waals surface area contributed by atoms with Crippen LogP contribution >= 0.6 is 0 Å². The van der Waals surface area contributed by atoms with Crippen LogP contribution in [0.15, 0.2) is 29.5 Å². The van der Waals surface area contributed by atoms with Crippen molar-refractivity contribution in [2.75, 3.05) is 0 Å². The van der Waals surface area contributed by atoms with Crippen molar-refractivity contribution >= 4 is 0 Å². The molecule has 4 saturated carbocycles. The second-order valence-corrected chi connectivity index (χ2v) is 8.18. The van der Waals surface area contributed by atoms with E-state index in [1.807, 2.05) is 6.07 Å². The normalized spacial score (nSPS) is 34.9. The highest BCUT2D eigenvalue weighted by Gasteiger charge is 2.52. The van der Waals surface area contributed by atoms with Gasteiger partial charge in [0.05, 0.1) is 6.33 Å². The van der Waals surface area contributed by atoms with Crippen LogP contribution in [0.25, 0.3) is 0 Å². The third kappa shape index (κ3) is 2.19. The van der Waals surface area contributed by atoms with Crippen LogP contribution in [0.3, 0.4) is 0 Å². The largest absolute Gasteiger partial charge is 0.348 e. The van der Waals surface area contributed by atoms with Crippen LogP contribution in [-0.2, 0) is 11.8 Å². The van der Waals surface area contributed by atoms with Gasteiger partial charge in [-0.25, -0.2) is 4.98 Å². The predicted octanol–water partition coefficient (Wildman–Crippen LogP) is 3.16. The van der Waals surface area contributed by atoms with Crippen LogP contribution in [0.2, 0.25) is 0 Å². The van der Waals surface area contributed by atoms with E-state index in [1.54, 1.807) is 12.5 Å². The second-order valence-electron chi connectivity index (χ2n) is 8.18. The molecule has 2 heterocycles. The summed E-state index contributed by atoms with van der Waals surface area (Å²) >= 11 is 0. The highest BCUT2D eigenvalue weighted by molar-refractivity contribution is 5.27. The molecule has 4 heteroatoms. The molecule has 4 aliphatic carbocycles. The Morgan fingerprint density at radius 3 is 2.35 bits per heavy atom. The minimum Gasteiger partial charge on any atom is -0.348 e. The molecule has 4 aliphatic rings. The van der Waals surface area contributed by atoms with Crippen LogP contribution in [0.5, 0.6) is 0 Å². The summed E-state index contributed by atoms with van der Waals surface area (Å²) in [6.07, 6.45) is 12.2. The Labute approximate surface area is 135 Å². The number of H-pyrrole nitrogens is 2. The summed E-state index contributed by atoms with van der Waals surface area (Å²) in [5, 5.41) is 0. The van der Waals surface area contributed by atoms with Crippen molar-refractivity contribution in [1.29, 1.82) is 0 Å². The van der Waals surface area contributed by atoms with Gasteiger partial charge in [0.15, 0.2) is 0 Å². The first-order chi connectivity index (χ1) is 11.2. The number of hydrogen-bond acceptors (Lipinski definition) is 2. The van der Waals surface area contributed by atoms with Crippen LogP contribution in [0.1, 0.15) is 55.5 Å². The lowest BCUT2D eigenvalue weighted by atomic mass is 9.49. The SMILES string of the molecule is O=c1[nH]c(C23CC4CC(CC(C4)C2)C3)ccc1Cc1cnc[nH]1. The molecule has 4 fully saturated rings. The lowest BCUT2D eigenvalue weighted by Gasteiger charge is -2.56. The Kier molecular flexibility index (Phi) is 2.85. The van der Waals surface area contributed by atoms with Gasteiger partial charge in [-0.2, -0.15) is 0 Å². The first kappa shape index (κ1) is 13.6. The Morgan fingerprint density at radius 2 is 1.78 bits per heavy atom. The van der Waals surface area contributed by atoms with Gasteiger partial charge in [-0.1, -0.05) is 6.07 Å². The fourth-order valence-corrected chi connectivity index (χ4v) is 5.98. The molecule has 4 nitrogen and oxygen atoms in total. The number of nitrogens with one attached hydrogen (secondary N) is 2. The monoisotopic (exact) mass is 309 g/mol. The molecule has 2 aromatic rings. The van der Waals surface area contributed by atoms with Gasteiger partial charge in [-0.3, -0.25) is 4.79 Å². The quantitative estimate of drug-likeness (QED) is 0.915. The van der Waals surface area contributed by atoms with Crippen LogP contribution in [-0.4, -0.2) is 15.0 Å². The van der Waals surface area contributed by atoms with E-state index in [0.717, 1.165) is 29.0 Å². The molecule has 0 amide bonds. The van der Waals surface area contributed by atoms with Crippen LogP contribution < -0.4 is 5.56 Å². The number of rotatable bonds is 3. The first-order valence-electron chi connectivity index (χ1n) is 8.90. The number of aromatic nitrogens is 3. The van der Waals surface area contributed by atoms with Crippen molar-refractivity contribution in [3.63, 3.8) is 0 Å². The molecule has 23 heavy (non-hydrogen) atoms. The van der Waals surface area contributed by atoms with Crippen LogP contribution in [0.4, 0.5) is 0 Å². The van der Waals surface area contributed by atoms with Gasteiger partial charge in [-0.15, -0.1) is 0 Å². The summed E-state index contributed by atoms with van der Waals surface area (Å²) in [6, 6.07) is 4.23. The number of imidazole rings is 1. The molecule has 2 N–H and O–H groups in total. The zero-order valence-electron chi connectivity index (χ0n) is 13.3. The molecule has 4 bridgehead atoms. The molecule has 0 radical (unpaired) electrons. The predicted molar refractivity (Wildman–Crippen MR) is 88.3 cm³/mol. The summed E-state index contributed by atoms with van der Waals surface area (Å²) in [7, 11) is 0. The third-order valence-corrected chi connectivity index (χ3v) is 6.54. The van der Waals surface area contributed by atoms with Gasteiger partial charge in [-0.05, 0) is 62.3 Å². The van der Waals surface area contributed by atoms with Gasteiger partial charge in [0.1, 0.15) is 0 Å². The van der Waals surface area contributed by atoms with Crippen molar-refractivity contribution in [1.82, 2.24) is 15.0 Å². The van der Waals surface area contributed by atoms with Gasteiger partial charge < -0.3 is 9.97 Å². The lowest BCUT2D eigenvalue weighted by Crippen LogP contribution is -2.49. The Hall–Kier alpha value is -1.84. The molecule has 6 rings (SSSR count). The molecular formula is C19H23N3O. The molecule has 0 unspecified atom stereocenters. The summed E-state index contributed by atoms with van der Waals surface area (Å²) in [5.41, 5.74) is 3.35. The van der Waals surface area contributed by atoms with Gasteiger partial charge in [0.25, 0.3) is 5.56 Å². The van der Waals surface area contributed by atoms with Crippen molar-refractivity contribution < 1.29 is 0 Å². The maximum absolute atomic E-state index is 12.6. The standard InChI is InChI=1S/C19H23N3O/c23-18-15(6-16-10-20-11-21-16)1-2-17(22-18)19-7-12-3-13(8-19)5-14(4-12)9-19/h1-2,10-14H,3-9H2,(H,20,21)(H,22,23). The van der Waals surface area contributed by atoms with E-state index in [2.05, 4.69) is 21.0 Å². The van der Waals surface area contributed by atoms with Crippen molar-refractivity contribution in [3.05, 3.63) is 52.0 Å². The van der Waals surface area contributed by atoms with E-state index in [-0.39, 0.29) is 11.0 Å². The molecule has 120 valence electrons. The number of nitrogens with zero attached hydrogens (tertiary/aromatic N) is 1. The highest BCUT2D eigenvalue weighted by Crippen LogP contribution is 2.60. The molecule has 0 aromatic carbocycles. The average molecular weight is 309 g/mol. The average Bonchev–Trinajstić information content (AvgIpc) is 3.01. The van der Waals surface area contributed by atoms with Crippen molar-refractivity contribution in [3.8, 4) is 0 Å². The minimum atomic E-state index is 0.0767. The zero-order valence-corrected chi connectivity index (χ0v) is 13.3. The molecule has 2 aromatic heterocycles. The maximum Gasteiger partial charge on any atom is 0.251 e. The number of aromatic amines is 2. The summed E-state index contributed by atoms with van der Waals surface area (Å²) in [4.78, 5) is 22.9. The van der Waals surface area contributed by atoms with E-state index < -0.39 is 0 Å². The lowest BCUT2D eigenvalue weighted by molar-refractivity contribution is -0.00730. The maximum atomic E-state index is 12.6. The Bertz CT molecular complexity index is 739. The smallest absolute Gasteiger partial charge is 0.251 e. The first-order valence-corrected chi connectivity index (χ1v) is 8.90. The van der Waals surface area contributed by atoms with E-state index in [4.69, 9.17) is 0 Å². The van der Waals surface area contributed by atoms with Gasteiger partial charge in [0, 0.05) is 35.0 Å². The van der Waals surface area contributed by atoms with E-state index in [1.165, 1.54) is 44.2 Å². The molecule has 0 saturated heterocycles. The summed E-state index contributed by atoms with van der Waals surface area (Å²) in [6.45, 7) is 0. The van der Waals surface area contributed by atoms with E-state index in [9.17, 15) is 4.79 Å². The molecule has 0 aliphatic heterocycles. The second kappa shape index (κ2) is 4.83. The number of hydrogen-bond donors (Lipinski definition) is 2. The minimum absolute atomic E-state index is 0.0767. The van der Waals surface area contributed by atoms with E-state index >= 15 is 0 Å². The summed E-state index contributed by atoms with van der Waals surface area (Å²) in [5.74, 6) is 2.69. The third-order valence-electron chi connectivity index (χ3n) is 6.54. The number of pyridine rings is 1. The van der Waals surface area contributed by atoms with Crippen LogP contribution in [0, 0.1) is 17.8 Å². The Morgan fingerprint density at radius 1 is 1.09 bits per heavy atom. The fourth-order valence-electron chi connectivity index (χ4n) is 5.98. The topological polar surface area (TPSA) is 61.5 Å². The molecular weight excluding hydrogens is 286 g/mol. The highest BCUT2D eigenvalue weighted by atomic mass is 16.1. The summed E-state index contributed by atoms with van der Waals surface area (Å²) < 4.78 is 0. The zero-order chi connectivity index (χ0) is 15.4. The Balaban J connectivity index is 1.47. The van der Waals surface area contributed by atoms with Gasteiger partial charge in [0.2, 0.25) is 0 Å².